The van der Waals surface area contributed by atoms with Crippen molar-refractivity contribution >= 4 is 40.3 Å². The number of hydrogen-bond donors (Lipinski definition) is 2. The van der Waals surface area contributed by atoms with Crippen LogP contribution in [0.15, 0.2) is 42.5 Å². The van der Waals surface area contributed by atoms with Gasteiger partial charge in [-0.1, -0.05) is 18.5 Å². The topological polar surface area (TPSA) is 87.5 Å². The predicted octanol–water partition coefficient (Wildman–Crippen LogP) is 4.92. The van der Waals surface area contributed by atoms with E-state index in [0.29, 0.717) is 5.69 Å². The van der Waals surface area contributed by atoms with E-state index in [1.807, 2.05) is 12.1 Å². The Bertz CT molecular complexity index is 880. The third-order valence-electron chi connectivity index (χ3n) is 5.21. The molecule has 3 rings (SSSR count). The van der Waals surface area contributed by atoms with E-state index in [0.717, 1.165) is 24.7 Å². The van der Waals surface area contributed by atoms with Crippen molar-refractivity contribution in [3.8, 4) is 0 Å². The van der Waals surface area contributed by atoms with Crippen LogP contribution in [0.1, 0.15) is 26.7 Å². The van der Waals surface area contributed by atoms with E-state index in [2.05, 4.69) is 34.6 Å². The third-order valence-corrected chi connectivity index (χ3v) is 5.53. The Morgan fingerprint density at radius 2 is 1.86 bits per heavy atom. The zero-order valence-corrected chi connectivity index (χ0v) is 17.3. The average molecular weight is 417 g/mol. The molecule has 1 fully saturated rings. The molecule has 1 aliphatic heterocycles. The van der Waals surface area contributed by atoms with Crippen molar-refractivity contribution in [3.63, 3.8) is 0 Å². The summed E-state index contributed by atoms with van der Waals surface area (Å²) in [5.41, 5.74) is 2.25. The molecule has 0 aliphatic carbocycles. The van der Waals surface area contributed by atoms with Gasteiger partial charge in [0.1, 0.15) is 6.04 Å². The molecule has 1 aliphatic rings. The highest BCUT2D eigenvalue weighted by molar-refractivity contribution is 6.34. The van der Waals surface area contributed by atoms with E-state index >= 15 is 0 Å². The van der Waals surface area contributed by atoms with E-state index < -0.39 is 11.0 Å². The van der Waals surface area contributed by atoms with Crippen LogP contribution >= 0.6 is 11.6 Å². The smallest absolute Gasteiger partial charge is 0.271 e. The molecular formula is C21H25ClN4O3. The van der Waals surface area contributed by atoms with Crippen molar-refractivity contribution in [1.82, 2.24) is 0 Å². The molecule has 7 nitrogen and oxygen atoms in total. The van der Waals surface area contributed by atoms with Crippen molar-refractivity contribution in [1.29, 1.82) is 0 Å². The van der Waals surface area contributed by atoms with Gasteiger partial charge in [-0.3, -0.25) is 14.9 Å². The number of rotatable bonds is 6. The van der Waals surface area contributed by atoms with E-state index in [1.54, 1.807) is 6.92 Å². The highest BCUT2D eigenvalue weighted by Crippen LogP contribution is 2.27. The zero-order chi connectivity index (χ0) is 21.0. The lowest BCUT2D eigenvalue weighted by molar-refractivity contribution is -0.384. The van der Waals surface area contributed by atoms with E-state index in [4.69, 9.17) is 11.6 Å². The number of nitro groups is 1. The molecular weight excluding hydrogens is 392 g/mol. The van der Waals surface area contributed by atoms with Crippen molar-refractivity contribution in [3.05, 3.63) is 57.6 Å². The Morgan fingerprint density at radius 3 is 2.45 bits per heavy atom. The number of carbonyl (C=O) groups is 1. The molecule has 1 amide bonds. The fourth-order valence-corrected chi connectivity index (χ4v) is 3.53. The number of piperidine rings is 1. The van der Waals surface area contributed by atoms with Gasteiger partial charge in [0.15, 0.2) is 0 Å². The van der Waals surface area contributed by atoms with Gasteiger partial charge in [0.05, 0.1) is 15.6 Å². The maximum Gasteiger partial charge on any atom is 0.271 e. The first-order valence-electron chi connectivity index (χ1n) is 9.70. The summed E-state index contributed by atoms with van der Waals surface area (Å²) in [5, 5.41) is 16.8. The first kappa shape index (κ1) is 20.9. The van der Waals surface area contributed by atoms with E-state index in [-0.39, 0.29) is 16.6 Å². The normalized spacial score (nSPS) is 15.6. The van der Waals surface area contributed by atoms with Crippen LogP contribution in [0.25, 0.3) is 0 Å². The molecule has 0 saturated carbocycles. The van der Waals surface area contributed by atoms with Crippen molar-refractivity contribution in [2.45, 2.75) is 32.7 Å². The number of nitro benzene ring substituents is 1. The summed E-state index contributed by atoms with van der Waals surface area (Å²) in [6, 6.07) is 11.5. The molecule has 1 unspecified atom stereocenters. The Labute approximate surface area is 175 Å². The fraction of sp³-hybridized carbons (Fsp3) is 0.381. The monoisotopic (exact) mass is 416 g/mol. The van der Waals surface area contributed by atoms with Crippen LogP contribution in [0.5, 0.6) is 0 Å². The van der Waals surface area contributed by atoms with Gasteiger partial charge in [-0.05, 0) is 56.0 Å². The van der Waals surface area contributed by atoms with E-state index in [1.165, 1.54) is 36.7 Å². The lowest BCUT2D eigenvalue weighted by Gasteiger charge is -2.32. The van der Waals surface area contributed by atoms with Gasteiger partial charge in [0.2, 0.25) is 5.91 Å². The molecule has 8 heteroatoms. The Hall–Kier alpha value is -2.80. The number of nitrogens with one attached hydrogen (secondary N) is 2. The molecule has 1 atom stereocenters. The second kappa shape index (κ2) is 9.13. The number of hydrogen-bond acceptors (Lipinski definition) is 5. The van der Waals surface area contributed by atoms with Crippen LogP contribution in [-0.4, -0.2) is 30.0 Å². The molecule has 154 valence electrons. The fourth-order valence-electron chi connectivity index (χ4n) is 3.31. The molecule has 2 N–H and O–H groups in total. The minimum atomic E-state index is -0.532. The van der Waals surface area contributed by atoms with Crippen LogP contribution in [0.3, 0.4) is 0 Å². The minimum absolute atomic E-state index is 0.123. The van der Waals surface area contributed by atoms with Gasteiger partial charge in [-0.2, -0.15) is 0 Å². The summed E-state index contributed by atoms with van der Waals surface area (Å²) >= 11 is 6.04. The lowest BCUT2D eigenvalue weighted by Crippen LogP contribution is -2.33. The molecule has 0 bridgehead atoms. The van der Waals surface area contributed by atoms with Gasteiger partial charge in [-0.15, -0.1) is 0 Å². The van der Waals surface area contributed by atoms with Gasteiger partial charge >= 0.3 is 0 Å². The van der Waals surface area contributed by atoms with Gasteiger partial charge in [-0.25, -0.2) is 0 Å². The molecule has 2 aromatic rings. The minimum Gasteiger partial charge on any atom is -0.374 e. The second-order valence-corrected chi connectivity index (χ2v) is 7.90. The third kappa shape index (κ3) is 5.38. The summed E-state index contributed by atoms with van der Waals surface area (Å²) in [6.07, 6.45) is 2.42. The average Bonchev–Trinajstić information content (AvgIpc) is 2.70. The number of non-ortho nitro benzene ring substituents is 1. The molecule has 1 heterocycles. The quantitative estimate of drug-likeness (QED) is 0.515. The first-order valence-corrected chi connectivity index (χ1v) is 10.1. The predicted molar refractivity (Wildman–Crippen MR) is 117 cm³/mol. The highest BCUT2D eigenvalue weighted by Gasteiger charge is 2.18. The van der Waals surface area contributed by atoms with Crippen molar-refractivity contribution in [2.24, 2.45) is 5.92 Å². The standard InChI is InChI=1S/C21H25ClN4O3/c1-14-9-11-25(12-10-14)17-5-3-16(4-6-17)23-15(2)21(27)24-20-8-7-18(26(28)29)13-19(20)22/h3-8,13-15,23H,9-12H2,1-2H3,(H,24,27). The largest absolute Gasteiger partial charge is 0.374 e. The van der Waals surface area contributed by atoms with Crippen molar-refractivity contribution in [2.75, 3.05) is 28.6 Å². The van der Waals surface area contributed by atoms with E-state index in [9.17, 15) is 14.9 Å². The number of nitrogens with zero attached hydrogens (tertiary/aromatic N) is 2. The summed E-state index contributed by atoms with van der Waals surface area (Å²) in [6.45, 7) is 6.18. The maximum atomic E-state index is 12.5. The Balaban J connectivity index is 1.57. The number of benzene rings is 2. The number of carbonyl (C=O) groups excluding carboxylic acids is 1. The molecule has 0 radical (unpaired) electrons. The van der Waals surface area contributed by atoms with Crippen LogP contribution in [-0.2, 0) is 4.79 Å². The number of amides is 1. The Morgan fingerprint density at radius 1 is 1.21 bits per heavy atom. The highest BCUT2D eigenvalue weighted by atomic mass is 35.5. The van der Waals surface area contributed by atoms with Crippen LogP contribution in [0.2, 0.25) is 5.02 Å². The zero-order valence-electron chi connectivity index (χ0n) is 16.5. The molecule has 29 heavy (non-hydrogen) atoms. The summed E-state index contributed by atoms with van der Waals surface area (Å²) in [5.74, 6) is 0.505. The summed E-state index contributed by atoms with van der Waals surface area (Å²) < 4.78 is 0. The van der Waals surface area contributed by atoms with Crippen LogP contribution in [0.4, 0.5) is 22.7 Å². The lowest BCUT2D eigenvalue weighted by atomic mass is 9.99. The summed E-state index contributed by atoms with van der Waals surface area (Å²) in [7, 11) is 0. The first-order chi connectivity index (χ1) is 13.8. The molecule has 0 aromatic heterocycles. The number of halogens is 1. The Kier molecular flexibility index (Phi) is 6.59. The van der Waals surface area contributed by atoms with Gasteiger partial charge in [0.25, 0.3) is 5.69 Å². The maximum absolute atomic E-state index is 12.5. The van der Waals surface area contributed by atoms with Gasteiger partial charge < -0.3 is 15.5 Å². The molecule has 1 saturated heterocycles. The summed E-state index contributed by atoms with van der Waals surface area (Å²) in [4.78, 5) is 25.1. The SMILES string of the molecule is CC1CCN(c2ccc(NC(C)C(=O)Nc3ccc([N+](=O)[O-])cc3Cl)cc2)CC1. The van der Waals surface area contributed by atoms with Crippen LogP contribution < -0.4 is 15.5 Å². The molecule has 2 aromatic carbocycles. The second-order valence-electron chi connectivity index (χ2n) is 7.49. The van der Waals surface area contributed by atoms with Gasteiger partial charge in [0, 0.05) is 36.6 Å². The number of anilines is 3. The van der Waals surface area contributed by atoms with Crippen molar-refractivity contribution < 1.29 is 9.72 Å². The van der Waals surface area contributed by atoms with Crippen LogP contribution in [0, 0.1) is 16.0 Å². The molecule has 0 spiro atoms.